The zero-order valence-electron chi connectivity index (χ0n) is 14.8. The molecular formula is C19H20ClN3O3S. The van der Waals surface area contributed by atoms with Gasteiger partial charge in [0.15, 0.2) is 0 Å². The lowest BCUT2D eigenvalue weighted by atomic mass is 10.1. The lowest BCUT2D eigenvalue weighted by molar-refractivity contribution is 0.107. The third-order valence-electron chi connectivity index (χ3n) is 3.96. The van der Waals surface area contributed by atoms with Crippen molar-refractivity contribution in [3.8, 4) is 0 Å². The lowest BCUT2D eigenvalue weighted by Crippen LogP contribution is -2.24. The Labute approximate surface area is 163 Å². The molecule has 0 bridgehead atoms. The first kappa shape index (κ1) is 19.6. The van der Waals surface area contributed by atoms with Crippen molar-refractivity contribution < 1.29 is 13.2 Å². The maximum atomic E-state index is 12.3. The van der Waals surface area contributed by atoms with Crippen molar-refractivity contribution in [1.82, 2.24) is 14.3 Å². The molecular weight excluding hydrogens is 386 g/mol. The molecule has 27 heavy (non-hydrogen) atoms. The van der Waals surface area contributed by atoms with E-state index in [9.17, 15) is 8.42 Å². The van der Waals surface area contributed by atoms with E-state index in [2.05, 4.69) is 9.71 Å². The molecule has 1 N–H and O–H groups in total. The molecule has 1 heterocycles. The van der Waals surface area contributed by atoms with Gasteiger partial charge >= 0.3 is 0 Å². The number of aryl methyl sites for hydroxylation is 1. The highest BCUT2D eigenvalue weighted by Crippen LogP contribution is 2.18. The molecule has 3 aromatic rings. The van der Waals surface area contributed by atoms with Crippen molar-refractivity contribution in [3.63, 3.8) is 0 Å². The molecule has 0 aliphatic rings. The van der Waals surface area contributed by atoms with Crippen LogP contribution in [0.25, 0.3) is 0 Å². The fourth-order valence-electron chi connectivity index (χ4n) is 2.44. The van der Waals surface area contributed by atoms with Crippen LogP contribution >= 0.6 is 11.6 Å². The van der Waals surface area contributed by atoms with E-state index in [0.29, 0.717) is 13.2 Å². The van der Waals surface area contributed by atoms with Gasteiger partial charge in [-0.05, 0) is 16.7 Å². The maximum absolute atomic E-state index is 12.3. The van der Waals surface area contributed by atoms with E-state index in [1.54, 1.807) is 7.05 Å². The number of hydrogen-bond acceptors (Lipinski definition) is 4. The summed E-state index contributed by atoms with van der Waals surface area (Å²) in [6.07, 6.45) is 1.36. The topological polar surface area (TPSA) is 73.2 Å². The molecule has 0 saturated carbocycles. The summed E-state index contributed by atoms with van der Waals surface area (Å²) in [7, 11) is -2.13. The Hall–Kier alpha value is -2.19. The van der Waals surface area contributed by atoms with Crippen LogP contribution in [0.4, 0.5) is 0 Å². The standard InChI is InChI=1S/C19H20ClN3O3S/c1-23-14-21-19(18(23)20)27(24,25)22-11-15-7-9-17(10-8-15)13-26-12-16-5-3-2-4-6-16/h2-10,14,22H,11-13H2,1H3. The minimum absolute atomic E-state index is 0.0772. The van der Waals surface area contributed by atoms with E-state index in [-0.39, 0.29) is 16.7 Å². The van der Waals surface area contributed by atoms with E-state index in [1.807, 2.05) is 54.6 Å². The van der Waals surface area contributed by atoms with Crippen molar-refractivity contribution in [3.05, 3.63) is 82.8 Å². The van der Waals surface area contributed by atoms with Crippen molar-refractivity contribution in [1.29, 1.82) is 0 Å². The Bertz CT molecular complexity index is 987. The summed E-state index contributed by atoms with van der Waals surface area (Å²) >= 11 is 5.96. The van der Waals surface area contributed by atoms with Gasteiger partial charge in [0.2, 0.25) is 5.03 Å². The highest BCUT2D eigenvalue weighted by Gasteiger charge is 2.21. The normalized spacial score (nSPS) is 11.6. The number of nitrogens with one attached hydrogen (secondary N) is 1. The number of halogens is 1. The predicted octanol–water partition coefficient (Wildman–Crippen LogP) is 3.27. The van der Waals surface area contributed by atoms with Gasteiger partial charge in [-0.3, -0.25) is 0 Å². The smallest absolute Gasteiger partial charge is 0.261 e. The van der Waals surface area contributed by atoms with Crippen LogP contribution in [0, 0.1) is 0 Å². The number of rotatable bonds is 8. The molecule has 0 aliphatic heterocycles. The van der Waals surface area contributed by atoms with Gasteiger partial charge in [0, 0.05) is 13.6 Å². The molecule has 1 aromatic heterocycles. The SMILES string of the molecule is Cn1cnc(S(=O)(=O)NCc2ccc(COCc3ccccc3)cc2)c1Cl. The predicted molar refractivity (Wildman–Crippen MR) is 104 cm³/mol. The van der Waals surface area contributed by atoms with Crippen LogP contribution in [0.15, 0.2) is 66.0 Å². The van der Waals surface area contributed by atoms with Crippen LogP contribution < -0.4 is 4.72 Å². The van der Waals surface area contributed by atoms with E-state index in [4.69, 9.17) is 16.3 Å². The van der Waals surface area contributed by atoms with Crippen molar-refractivity contribution >= 4 is 21.6 Å². The first-order chi connectivity index (χ1) is 13.0. The van der Waals surface area contributed by atoms with Gasteiger partial charge < -0.3 is 9.30 Å². The molecule has 142 valence electrons. The monoisotopic (exact) mass is 405 g/mol. The molecule has 3 rings (SSSR count). The Morgan fingerprint density at radius 3 is 2.19 bits per heavy atom. The summed E-state index contributed by atoms with van der Waals surface area (Å²) in [5.74, 6) is 0. The fraction of sp³-hybridized carbons (Fsp3) is 0.211. The second kappa shape index (κ2) is 8.67. The molecule has 0 spiro atoms. The molecule has 0 fully saturated rings. The van der Waals surface area contributed by atoms with E-state index in [0.717, 1.165) is 16.7 Å². The molecule has 2 aromatic carbocycles. The first-order valence-corrected chi connectivity index (χ1v) is 10.2. The number of aromatic nitrogens is 2. The summed E-state index contributed by atoms with van der Waals surface area (Å²) in [6, 6.07) is 17.5. The molecule has 0 atom stereocenters. The van der Waals surface area contributed by atoms with Crippen molar-refractivity contribution in [2.75, 3.05) is 0 Å². The zero-order valence-corrected chi connectivity index (χ0v) is 16.4. The zero-order chi connectivity index (χ0) is 19.3. The number of imidazole rings is 1. The van der Waals surface area contributed by atoms with Crippen LogP contribution in [0.3, 0.4) is 0 Å². The molecule has 0 radical (unpaired) electrons. The van der Waals surface area contributed by atoms with Gasteiger partial charge in [-0.1, -0.05) is 66.2 Å². The molecule has 8 heteroatoms. The largest absolute Gasteiger partial charge is 0.372 e. The van der Waals surface area contributed by atoms with Crippen molar-refractivity contribution in [2.24, 2.45) is 7.05 Å². The summed E-state index contributed by atoms with van der Waals surface area (Å²) in [5.41, 5.74) is 2.97. The van der Waals surface area contributed by atoms with Gasteiger partial charge in [-0.15, -0.1) is 0 Å². The van der Waals surface area contributed by atoms with Gasteiger partial charge in [-0.25, -0.2) is 18.1 Å². The third-order valence-corrected chi connectivity index (χ3v) is 5.85. The highest BCUT2D eigenvalue weighted by molar-refractivity contribution is 7.89. The van der Waals surface area contributed by atoms with Crippen LogP contribution in [-0.4, -0.2) is 18.0 Å². The minimum Gasteiger partial charge on any atom is -0.372 e. The quantitative estimate of drug-likeness (QED) is 0.624. The van der Waals surface area contributed by atoms with Crippen LogP contribution in [0.5, 0.6) is 0 Å². The lowest BCUT2D eigenvalue weighted by Gasteiger charge is -2.08. The Morgan fingerprint density at radius 1 is 1.00 bits per heavy atom. The Balaban J connectivity index is 1.52. The molecule has 0 saturated heterocycles. The number of ether oxygens (including phenoxy) is 1. The van der Waals surface area contributed by atoms with E-state index in [1.165, 1.54) is 10.9 Å². The van der Waals surface area contributed by atoms with Gasteiger partial charge in [0.1, 0.15) is 5.15 Å². The number of hydrogen-bond donors (Lipinski definition) is 1. The molecule has 0 aliphatic carbocycles. The average Bonchev–Trinajstić information content (AvgIpc) is 3.02. The molecule has 0 amide bonds. The number of benzene rings is 2. The third kappa shape index (κ3) is 5.17. The minimum atomic E-state index is -3.76. The summed E-state index contributed by atoms with van der Waals surface area (Å²) in [5, 5.41) is -0.0917. The van der Waals surface area contributed by atoms with E-state index >= 15 is 0 Å². The Kier molecular flexibility index (Phi) is 6.28. The van der Waals surface area contributed by atoms with Crippen molar-refractivity contribution in [2.45, 2.75) is 24.8 Å². The number of nitrogens with zero attached hydrogens (tertiary/aromatic N) is 2. The second-order valence-electron chi connectivity index (χ2n) is 6.07. The summed E-state index contributed by atoms with van der Waals surface area (Å²) in [6.45, 7) is 1.19. The van der Waals surface area contributed by atoms with Crippen LogP contribution in [-0.2, 0) is 41.6 Å². The van der Waals surface area contributed by atoms with Gasteiger partial charge in [0.25, 0.3) is 10.0 Å². The average molecular weight is 406 g/mol. The van der Waals surface area contributed by atoms with E-state index < -0.39 is 10.0 Å². The van der Waals surface area contributed by atoms with Gasteiger partial charge in [-0.2, -0.15) is 0 Å². The molecule has 6 nitrogen and oxygen atoms in total. The number of sulfonamides is 1. The summed E-state index contributed by atoms with van der Waals surface area (Å²) < 4.78 is 34.2. The van der Waals surface area contributed by atoms with Crippen LogP contribution in [0.1, 0.15) is 16.7 Å². The molecule has 0 unspecified atom stereocenters. The maximum Gasteiger partial charge on any atom is 0.261 e. The second-order valence-corrected chi connectivity index (χ2v) is 8.11. The van der Waals surface area contributed by atoms with Crippen LogP contribution in [0.2, 0.25) is 5.15 Å². The summed E-state index contributed by atoms with van der Waals surface area (Å²) in [4.78, 5) is 3.84. The first-order valence-electron chi connectivity index (χ1n) is 8.32. The fourth-order valence-corrected chi connectivity index (χ4v) is 3.88. The Morgan fingerprint density at radius 2 is 1.59 bits per heavy atom. The highest BCUT2D eigenvalue weighted by atomic mass is 35.5. The van der Waals surface area contributed by atoms with Gasteiger partial charge in [0.05, 0.1) is 19.5 Å².